The molecule has 4 rings (SSSR count). The van der Waals surface area contributed by atoms with Crippen LogP contribution < -0.4 is 5.56 Å². The zero-order valence-corrected chi connectivity index (χ0v) is 14.4. The molecular formula is C19H11ClF3N3O. The fourth-order valence-corrected chi connectivity index (χ4v) is 3.14. The van der Waals surface area contributed by atoms with E-state index in [2.05, 4.69) is 4.98 Å². The Kier molecular flexibility index (Phi) is 4.04. The lowest BCUT2D eigenvalue weighted by atomic mass is 10.1. The highest BCUT2D eigenvalue weighted by atomic mass is 35.5. The molecule has 2 heterocycles. The van der Waals surface area contributed by atoms with Crippen LogP contribution in [0.5, 0.6) is 0 Å². The highest BCUT2D eigenvalue weighted by Gasteiger charge is 2.37. The van der Waals surface area contributed by atoms with Crippen LogP contribution in [-0.2, 0) is 6.18 Å². The van der Waals surface area contributed by atoms with E-state index < -0.39 is 22.5 Å². The minimum Gasteiger partial charge on any atom is -0.266 e. The van der Waals surface area contributed by atoms with Gasteiger partial charge in [0.2, 0.25) is 0 Å². The van der Waals surface area contributed by atoms with E-state index in [0.717, 1.165) is 10.1 Å². The predicted octanol–water partition coefficient (Wildman–Crippen LogP) is 4.82. The van der Waals surface area contributed by atoms with Crippen molar-refractivity contribution in [3.63, 3.8) is 0 Å². The minimum absolute atomic E-state index is 0.139. The Labute approximate surface area is 156 Å². The van der Waals surface area contributed by atoms with E-state index in [1.165, 1.54) is 10.7 Å². The van der Waals surface area contributed by atoms with Gasteiger partial charge >= 0.3 is 6.18 Å². The smallest absolute Gasteiger partial charge is 0.266 e. The second-order valence-electron chi connectivity index (χ2n) is 5.79. The van der Waals surface area contributed by atoms with E-state index in [-0.39, 0.29) is 5.65 Å². The molecule has 0 aliphatic carbocycles. The standard InChI is InChI=1S/C19H11ClF3N3O/c20-16-17(19(21,22)23)24-15-11-14(12-7-3-1-4-8-12)25(26(15)18(16)27)13-9-5-2-6-10-13/h1-11H. The molecule has 4 aromatic rings. The molecule has 0 amide bonds. The maximum Gasteiger partial charge on any atom is 0.435 e. The van der Waals surface area contributed by atoms with E-state index in [9.17, 15) is 18.0 Å². The molecule has 2 aromatic carbocycles. The third-order valence-corrected chi connectivity index (χ3v) is 4.40. The Balaban J connectivity index is 2.15. The summed E-state index contributed by atoms with van der Waals surface area (Å²) >= 11 is 5.74. The van der Waals surface area contributed by atoms with Crippen molar-refractivity contribution in [3.8, 4) is 16.9 Å². The zero-order chi connectivity index (χ0) is 19.2. The quantitative estimate of drug-likeness (QED) is 0.493. The molecule has 0 atom stereocenters. The molecule has 0 saturated heterocycles. The number of para-hydroxylation sites is 1. The molecule has 0 aliphatic heterocycles. The van der Waals surface area contributed by atoms with Gasteiger partial charge in [-0.2, -0.15) is 17.7 Å². The molecule has 2 aromatic heterocycles. The van der Waals surface area contributed by atoms with Gasteiger partial charge in [-0.3, -0.25) is 4.79 Å². The van der Waals surface area contributed by atoms with E-state index in [1.807, 2.05) is 6.07 Å². The lowest BCUT2D eigenvalue weighted by Gasteiger charge is -2.12. The molecule has 27 heavy (non-hydrogen) atoms. The van der Waals surface area contributed by atoms with Crippen molar-refractivity contribution in [2.24, 2.45) is 0 Å². The van der Waals surface area contributed by atoms with Crippen LogP contribution in [0.2, 0.25) is 5.02 Å². The van der Waals surface area contributed by atoms with Gasteiger partial charge in [0.05, 0.1) is 11.4 Å². The Bertz CT molecular complexity index is 1180. The minimum atomic E-state index is -4.83. The molecule has 0 fully saturated rings. The fraction of sp³-hybridized carbons (Fsp3) is 0.0526. The predicted molar refractivity (Wildman–Crippen MR) is 96.2 cm³/mol. The van der Waals surface area contributed by atoms with Gasteiger partial charge in [-0.15, -0.1) is 0 Å². The summed E-state index contributed by atoms with van der Waals surface area (Å²) in [5.74, 6) is 0. The molecule has 0 saturated carbocycles. The zero-order valence-electron chi connectivity index (χ0n) is 13.6. The lowest BCUT2D eigenvalue weighted by Crippen LogP contribution is -2.25. The van der Waals surface area contributed by atoms with Crippen molar-refractivity contribution in [2.75, 3.05) is 0 Å². The van der Waals surface area contributed by atoms with E-state index >= 15 is 0 Å². The maximum absolute atomic E-state index is 13.2. The van der Waals surface area contributed by atoms with E-state index in [1.54, 1.807) is 54.6 Å². The summed E-state index contributed by atoms with van der Waals surface area (Å²) in [4.78, 5) is 16.3. The van der Waals surface area contributed by atoms with Crippen LogP contribution in [0.4, 0.5) is 13.2 Å². The number of fused-ring (bicyclic) bond motifs is 1. The first-order valence-corrected chi connectivity index (χ1v) is 8.28. The number of aromatic nitrogens is 3. The first kappa shape index (κ1) is 17.4. The Morgan fingerprint density at radius 2 is 1.52 bits per heavy atom. The Morgan fingerprint density at radius 3 is 2.11 bits per heavy atom. The van der Waals surface area contributed by atoms with Gasteiger partial charge in [0, 0.05) is 11.6 Å². The molecule has 4 nitrogen and oxygen atoms in total. The van der Waals surface area contributed by atoms with Crippen LogP contribution in [0.3, 0.4) is 0 Å². The van der Waals surface area contributed by atoms with Crippen molar-refractivity contribution in [3.05, 3.63) is 87.8 Å². The van der Waals surface area contributed by atoms with Crippen molar-refractivity contribution in [1.29, 1.82) is 0 Å². The average Bonchev–Trinajstić information content (AvgIpc) is 3.05. The highest BCUT2D eigenvalue weighted by Crippen LogP contribution is 2.33. The molecular weight excluding hydrogens is 379 g/mol. The van der Waals surface area contributed by atoms with Gasteiger partial charge in [0.15, 0.2) is 11.3 Å². The number of benzene rings is 2. The highest BCUT2D eigenvalue weighted by molar-refractivity contribution is 6.31. The average molecular weight is 390 g/mol. The number of halogens is 4. The number of hydrogen-bond acceptors (Lipinski definition) is 2. The summed E-state index contributed by atoms with van der Waals surface area (Å²) in [6.07, 6.45) is -4.83. The first-order valence-electron chi connectivity index (χ1n) is 7.90. The van der Waals surface area contributed by atoms with Gasteiger partial charge in [-0.1, -0.05) is 60.1 Å². The first-order chi connectivity index (χ1) is 12.9. The molecule has 0 radical (unpaired) electrons. The second kappa shape index (κ2) is 6.28. The monoisotopic (exact) mass is 389 g/mol. The van der Waals surface area contributed by atoms with Gasteiger partial charge in [-0.05, 0) is 12.1 Å². The molecule has 0 N–H and O–H groups in total. The number of alkyl halides is 3. The summed E-state index contributed by atoms with van der Waals surface area (Å²) in [5.41, 5.74) is -0.692. The van der Waals surface area contributed by atoms with Gasteiger partial charge in [0.1, 0.15) is 5.02 Å². The maximum atomic E-state index is 13.2. The number of hydrogen-bond donors (Lipinski definition) is 0. The van der Waals surface area contributed by atoms with E-state index in [4.69, 9.17) is 11.6 Å². The van der Waals surface area contributed by atoms with Crippen LogP contribution in [0.25, 0.3) is 22.6 Å². The van der Waals surface area contributed by atoms with Crippen molar-refractivity contribution >= 4 is 17.2 Å². The number of rotatable bonds is 2. The third-order valence-electron chi connectivity index (χ3n) is 4.06. The largest absolute Gasteiger partial charge is 0.435 e. The van der Waals surface area contributed by atoms with Crippen LogP contribution >= 0.6 is 11.6 Å². The van der Waals surface area contributed by atoms with E-state index in [0.29, 0.717) is 11.4 Å². The summed E-state index contributed by atoms with van der Waals surface area (Å²) < 4.78 is 42.2. The molecule has 136 valence electrons. The SMILES string of the molecule is O=c1c(Cl)c(C(F)(F)F)nc2cc(-c3ccccc3)n(-c3ccccc3)n12. The van der Waals surface area contributed by atoms with Gasteiger partial charge < -0.3 is 0 Å². The normalized spacial score (nSPS) is 11.9. The van der Waals surface area contributed by atoms with Crippen LogP contribution in [0.15, 0.2) is 71.5 Å². The lowest BCUT2D eigenvalue weighted by molar-refractivity contribution is -0.141. The van der Waals surface area contributed by atoms with Crippen molar-refractivity contribution in [1.82, 2.24) is 14.2 Å². The van der Waals surface area contributed by atoms with Crippen molar-refractivity contribution in [2.45, 2.75) is 6.18 Å². The van der Waals surface area contributed by atoms with Crippen molar-refractivity contribution < 1.29 is 13.2 Å². The topological polar surface area (TPSA) is 39.3 Å². The molecule has 0 unspecified atom stereocenters. The molecule has 8 heteroatoms. The summed E-state index contributed by atoms with van der Waals surface area (Å²) in [7, 11) is 0. The van der Waals surface area contributed by atoms with Crippen LogP contribution in [0, 0.1) is 0 Å². The fourth-order valence-electron chi connectivity index (χ4n) is 2.91. The van der Waals surface area contributed by atoms with Gasteiger partial charge in [0.25, 0.3) is 5.56 Å². The second-order valence-corrected chi connectivity index (χ2v) is 6.17. The molecule has 0 bridgehead atoms. The summed E-state index contributed by atoms with van der Waals surface area (Å²) in [6.45, 7) is 0. The Hall–Kier alpha value is -3.06. The third kappa shape index (κ3) is 2.90. The van der Waals surface area contributed by atoms with Crippen LogP contribution in [-0.4, -0.2) is 14.2 Å². The number of nitrogens with zero attached hydrogens (tertiary/aromatic N) is 3. The summed E-state index contributed by atoms with van der Waals surface area (Å²) in [6, 6.07) is 19.3. The van der Waals surface area contributed by atoms with Crippen LogP contribution in [0.1, 0.15) is 5.69 Å². The summed E-state index contributed by atoms with van der Waals surface area (Å²) in [5, 5.41) is -0.963. The molecule has 0 spiro atoms. The van der Waals surface area contributed by atoms with Gasteiger partial charge in [-0.25, -0.2) is 9.67 Å². The Morgan fingerprint density at radius 1 is 0.926 bits per heavy atom. The molecule has 0 aliphatic rings.